The maximum atomic E-state index is 10.6. The Kier molecular flexibility index (Phi) is 12.4. The van der Waals surface area contributed by atoms with Crippen LogP contribution in [-0.2, 0) is 9.53 Å². The van der Waals surface area contributed by atoms with Gasteiger partial charge in [0.15, 0.2) is 0 Å². The minimum Gasteiger partial charge on any atom is -0.481 e. The lowest BCUT2D eigenvalue weighted by molar-refractivity contribution is -0.138. The van der Waals surface area contributed by atoms with E-state index in [9.17, 15) is 20.1 Å². The first-order valence-electron chi connectivity index (χ1n) is 9.98. The lowest BCUT2D eigenvalue weighted by Crippen LogP contribution is -2.25. The van der Waals surface area contributed by atoms with Crippen molar-refractivity contribution in [3.05, 3.63) is 48.6 Å². The van der Waals surface area contributed by atoms with Crippen molar-refractivity contribution < 1.29 is 30.0 Å². The number of rotatable bonds is 13. The number of carboxylic acid groups (broad SMARTS) is 1. The van der Waals surface area contributed by atoms with Crippen molar-refractivity contribution in [2.24, 2.45) is 0 Å². The second kappa shape index (κ2) is 14.3. The molecule has 1 rings (SSSR count). The number of aliphatic hydroxyl groups excluding tert-OH is 3. The quantitative estimate of drug-likeness (QED) is 0.358. The fourth-order valence-corrected chi connectivity index (χ4v) is 2.90. The number of carboxylic acids is 1. The molecule has 0 aliphatic carbocycles. The number of aliphatic carboxylic acids is 1. The van der Waals surface area contributed by atoms with E-state index in [1.54, 1.807) is 0 Å². The maximum Gasteiger partial charge on any atom is 0.303 e. The summed E-state index contributed by atoms with van der Waals surface area (Å²) in [6, 6.07) is 0. The van der Waals surface area contributed by atoms with Crippen LogP contribution in [0.4, 0.5) is 0 Å². The van der Waals surface area contributed by atoms with Gasteiger partial charge in [0, 0.05) is 12.8 Å². The van der Waals surface area contributed by atoms with Crippen molar-refractivity contribution >= 4 is 5.97 Å². The number of aliphatic hydroxyl groups is 3. The van der Waals surface area contributed by atoms with E-state index in [0.29, 0.717) is 6.42 Å². The van der Waals surface area contributed by atoms with Crippen molar-refractivity contribution in [1.82, 2.24) is 0 Å². The molecule has 0 aromatic heterocycles. The molecule has 0 unspecified atom stereocenters. The van der Waals surface area contributed by atoms with Gasteiger partial charge in [0.1, 0.15) is 0 Å². The highest BCUT2D eigenvalue weighted by atomic mass is 16.5. The average Bonchev–Trinajstić information content (AvgIpc) is 3.04. The van der Waals surface area contributed by atoms with E-state index in [-0.39, 0.29) is 19.3 Å². The first kappa shape index (κ1) is 24.3. The van der Waals surface area contributed by atoms with Gasteiger partial charge in [0.05, 0.1) is 30.5 Å². The summed E-state index contributed by atoms with van der Waals surface area (Å²) < 4.78 is 5.56. The summed E-state index contributed by atoms with van der Waals surface area (Å²) in [5.74, 6) is -0.945. The highest BCUT2D eigenvalue weighted by molar-refractivity contribution is 5.66. The molecule has 4 N–H and O–H groups in total. The Morgan fingerprint density at radius 3 is 2.36 bits per heavy atom. The predicted molar refractivity (Wildman–Crippen MR) is 109 cm³/mol. The Morgan fingerprint density at radius 2 is 1.71 bits per heavy atom. The minimum atomic E-state index is -0.956. The summed E-state index contributed by atoms with van der Waals surface area (Å²) >= 11 is 0. The number of carbonyl (C=O) groups is 1. The van der Waals surface area contributed by atoms with Crippen LogP contribution < -0.4 is 0 Å². The van der Waals surface area contributed by atoms with Gasteiger partial charge in [-0.1, -0.05) is 55.5 Å². The average molecular weight is 395 g/mol. The number of ether oxygens (including phenoxy) is 1. The molecule has 1 aliphatic rings. The summed E-state index contributed by atoms with van der Waals surface area (Å²) in [5.41, 5.74) is 0. The van der Waals surface area contributed by atoms with Crippen molar-refractivity contribution in [1.29, 1.82) is 0 Å². The van der Waals surface area contributed by atoms with Crippen LogP contribution in [0.3, 0.4) is 0 Å². The fraction of sp³-hybridized carbons (Fsp3) is 0.591. The van der Waals surface area contributed by atoms with E-state index in [4.69, 9.17) is 9.84 Å². The molecule has 6 heteroatoms. The highest BCUT2D eigenvalue weighted by Crippen LogP contribution is 2.26. The van der Waals surface area contributed by atoms with Crippen LogP contribution in [0.5, 0.6) is 0 Å². The molecule has 1 heterocycles. The van der Waals surface area contributed by atoms with Gasteiger partial charge in [-0.15, -0.1) is 0 Å². The molecule has 6 nitrogen and oxygen atoms in total. The predicted octanol–water partition coefficient (Wildman–Crippen LogP) is 2.90. The number of allylic oxidation sites excluding steroid dienone is 5. The third-order valence-electron chi connectivity index (χ3n) is 4.46. The third-order valence-corrected chi connectivity index (χ3v) is 4.46. The molecule has 28 heavy (non-hydrogen) atoms. The molecule has 158 valence electrons. The molecule has 0 bridgehead atoms. The van der Waals surface area contributed by atoms with Gasteiger partial charge in [-0.25, -0.2) is 0 Å². The number of hydrogen-bond acceptors (Lipinski definition) is 5. The molecule has 1 fully saturated rings. The molecule has 0 amide bonds. The van der Waals surface area contributed by atoms with Crippen LogP contribution in [-0.4, -0.2) is 56.9 Å². The Balaban J connectivity index is 2.28. The van der Waals surface area contributed by atoms with E-state index >= 15 is 0 Å². The van der Waals surface area contributed by atoms with Crippen molar-refractivity contribution in [3.8, 4) is 0 Å². The van der Waals surface area contributed by atoms with Crippen molar-refractivity contribution in [2.45, 2.75) is 82.4 Å². The summed E-state index contributed by atoms with van der Waals surface area (Å²) in [5, 5.41) is 38.7. The lowest BCUT2D eigenvalue weighted by atomic mass is 10.0. The van der Waals surface area contributed by atoms with Gasteiger partial charge in [0.25, 0.3) is 0 Å². The maximum absolute atomic E-state index is 10.6. The zero-order valence-electron chi connectivity index (χ0n) is 16.6. The van der Waals surface area contributed by atoms with Gasteiger partial charge in [0.2, 0.25) is 0 Å². The first-order chi connectivity index (χ1) is 13.4. The standard InChI is InChI=1S/C22H34O6/c1-2-3-4-5-6-7-8-9-10-11-17(23)12-13-18(24)21-16-19(25)20(28-21)14-15-22(26)27/h3-4,6-7,9-10,12-13,17-21,23-25H,2,5,8,11,14-16H2,1H3,(H,26,27)/b4-3-,7-6-,10-9-,13-12+/t17-,18-,19-,20+,21+/m1/s1. The molecule has 1 aliphatic heterocycles. The van der Waals surface area contributed by atoms with E-state index in [1.807, 2.05) is 12.2 Å². The molecule has 5 atom stereocenters. The monoisotopic (exact) mass is 394 g/mol. The third kappa shape index (κ3) is 10.6. The summed E-state index contributed by atoms with van der Waals surface area (Å²) in [6.07, 6.45) is 15.3. The molecular formula is C22H34O6. The second-order valence-electron chi connectivity index (χ2n) is 6.92. The van der Waals surface area contributed by atoms with Crippen LogP contribution in [0.25, 0.3) is 0 Å². The molecule has 0 saturated carbocycles. The highest BCUT2D eigenvalue weighted by Gasteiger charge is 2.36. The Hall–Kier alpha value is -1.73. The first-order valence-corrected chi connectivity index (χ1v) is 9.98. The summed E-state index contributed by atoms with van der Waals surface area (Å²) in [6.45, 7) is 2.10. The van der Waals surface area contributed by atoms with Crippen LogP contribution in [0, 0.1) is 0 Å². The zero-order valence-corrected chi connectivity index (χ0v) is 16.6. The zero-order chi connectivity index (χ0) is 20.8. The SMILES string of the molecule is CC/C=C\C/C=C\C/C=C\C[C@@H](O)/C=C/[C@@H](O)[C@@H]1C[C@@H](O)[C@H](CCC(=O)O)O1. The van der Waals surface area contributed by atoms with Crippen molar-refractivity contribution in [2.75, 3.05) is 0 Å². The number of hydrogen-bond donors (Lipinski definition) is 4. The van der Waals surface area contributed by atoms with Gasteiger partial charge in [-0.2, -0.15) is 0 Å². The van der Waals surface area contributed by atoms with Gasteiger partial charge >= 0.3 is 5.97 Å². The summed E-state index contributed by atoms with van der Waals surface area (Å²) in [4.78, 5) is 10.6. The van der Waals surface area contributed by atoms with Crippen molar-refractivity contribution in [3.63, 3.8) is 0 Å². The van der Waals surface area contributed by atoms with E-state index in [0.717, 1.165) is 19.3 Å². The Bertz CT molecular complexity index is 551. The molecule has 0 radical (unpaired) electrons. The molecule has 0 aromatic rings. The molecular weight excluding hydrogens is 360 g/mol. The minimum absolute atomic E-state index is 0.0872. The molecule has 1 saturated heterocycles. The smallest absolute Gasteiger partial charge is 0.303 e. The topological polar surface area (TPSA) is 107 Å². The largest absolute Gasteiger partial charge is 0.481 e. The van der Waals surface area contributed by atoms with Crippen LogP contribution in [0.1, 0.15) is 51.9 Å². The molecule has 0 spiro atoms. The van der Waals surface area contributed by atoms with Gasteiger partial charge in [-0.3, -0.25) is 4.79 Å². The van der Waals surface area contributed by atoms with E-state index in [2.05, 4.69) is 31.2 Å². The van der Waals surface area contributed by atoms with Gasteiger partial charge in [-0.05, 0) is 32.1 Å². The van der Waals surface area contributed by atoms with Crippen LogP contribution in [0.15, 0.2) is 48.6 Å². The molecule has 0 aromatic carbocycles. The van der Waals surface area contributed by atoms with E-state index < -0.39 is 36.5 Å². The Morgan fingerprint density at radius 1 is 1.07 bits per heavy atom. The Labute approximate surface area is 167 Å². The second-order valence-corrected chi connectivity index (χ2v) is 6.92. The van der Waals surface area contributed by atoms with Gasteiger partial charge < -0.3 is 25.2 Å². The summed E-state index contributed by atoms with van der Waals surface area (Å²) in [7, 11) is 0. The normalized spacial score (nSPS) is 25.5. The van der Waals surface area contributed by atoms with Crippen LogP contribution >= 0.6 is 0 Å². The lowest BCUT2D eigenvalue weighted by Gasteiger charge is -2.16. The van der Waals surface area contributed by atoms with E-state index in [1.165, 1.54) is 12.2 Å². The fourth-order valence-electron chi connectivity index (χ4n) is 2.90. The van der Waals surface area contributed by atoms with Crippen LogP contribution in [0.2, 0.25) is 0 Å².